The molecule has 1 N–H and O–H groups in total. The maximum Gasteiger partial charge on any atom is 0.573 e. The van der Waals surface area contributed by atoms with Crippen LogP contribution >= 0.6 is 0 Å². The molecule has 2 aliphatic rings. The summed E-state index contributed by atoms with van der Waals surface area (Å²) in [7, 11) is 1.73. The molecule has 49 heavy (non-hydrogen) atoms. The van der Waals surface area contributed by atoms with Gasteiger partial charge in [0.05, 0.1) is 13.2 Å². The van der Waals surface area contributed by atoms with Gasteiger partial charge in [-0.05, 0) is 86.2 Å². The monoisotopic (exact) mass is 676 g/mol. The summed E-state index contributed by atoms with van der Waals surface area (Å²) < 4.78 is 50.4. The van der Waals surface area contributed by atoms with Gasteiger partial charge >= 0.3 is 6.36 Å². The number of ketones is 1. The number of fused-ring (bicyclic) bond motifs is 1. The number of carbonyl (C=O) groups is 1. The number of halogens is 3. The quantitative estimate of drug-likeness (QED) is 0.146. The molecule has 0 aliphatic carbocycles. The van der Waals surface area contributed by atoms with Crippen molar-refractivity contribution in [3.63, 3.8) is 0 Å². The number of alkyl halides is 3. The zero-order chi connectivity index (χ0) is 34.4. The highest BCUT2D eigenvalue weighted by molar-refractivity contribution is 5.96. The number of rotatable bonds is 13. The van der Waals surface area contributed by atoms with Crippen molar-refractivity contribution in [2.45, 2.75) is 77.5 Å². The van der Waals surface area contributed by atoms with E-state index in [-0.39, 0.29) is 11.8 Å². The Hall–Kier alpha value is -3.86. The largest absolute Gasteiger partial charge is 0.573 e. The molecule has 6 rings (SSSR count). The van der Waals surface area contributed by atoms with Crippen LogP contribution in [0.1, 0.15) is 55.2 Å². The number of unbranched alkanes of at least 4 members (excludes halogenated alkanes) is 1. The van der Waals surface area contributed by atoms with Crippen LogP contribution in [0, 0.1) is 6.92 Å². The predicted octanol–water partition coefficient (Wildman–Crippen LogP) is 7.72. The van der Waals surface area contributed by atoms with E-state index in [9.17, 15) is 18.0 Å². The van der Waals surface area contributed by atoms with Gasteiger partial charge in [0.1, 0.15) is 17.3 Å². The number of hydrogen-bond acceptors (Lipinski definition) is 6. The standard InChI is InChI=1S/C39H47F3N4O3/c1-28-8-7-11-38(48-2)33(28)26-45-22-20-44(21-23-45)25-29-12-17-36-32(24-29)34(30-13-15-31(16-14-30)49-39(40,41)42)27-46(36)19-6-4-10-37(47)35-9-3-5-18-43-35/h7-8,11-17,24,27,35,43H,3-6,9-10,18-23,25-26H2,1-2H3. The molecule has 3 aromatic carbocycles. The first-order valence-corrected chi connectivity index (χ1v) is 17.5. The molecule has 0 radical (unpaired) electrons. The second-order valence-electron chi connectivity index (χ2n) is 13.4. The number of methoxy groups -OCH3 is 1. The lowest BCUT2D eigenvalue weighted by Gasteiger charge is -2.35. The fourth-order valence-electron chi connectivity index (χ4n) is 7.23. The van der Waals surface area contributed by atoms with E-state index in [1.165, 1.54) is 28.8 Å². The Kier molecular flexibility index (Phi) is 11.3. The highest BCUT2D eigenvalue weighted by Crippen LogP contribution is 2.34. The Labute approximate surface area is 287 Å². The van der Waals surface area contributed by atoms with E-state index in [0.29, 0.717) is 12.2 Å². The normalized spacial score (nSPS) is 17.8. The number of Topliss-reactive ketones (excluding diaryl/α,β-unsaturated/α-hetero) is 1. The zero-order valence-corrected chi connectivity index (χ0v) is 28.5. The van der Waals surface area contributed by atoms with Crippen LogP contribution < -0.4 is 14.8 Å². The van der Waals surface area contributed by atoms with Crippen molar-refractivity contribution < 1.29 is 27.4 Å². The van der Waals surface area contributed by atoms with Gasteiger partial charge in [0, 0.05) is 80.5 Å². The average Bonchev–Trinajstić information content (AvgIpc) is 3.46. The minimum Gasteiger partial charge on any atom is -0.496 e. The van der Waals surface area contributed by atoms with Crippen molar-refractivity contribution in [2.75, 3.05) is 39.8 Å². The third-order valence-electron chi connectivity index (χ3n) is 9.96. The van der Waals surface area contributed by atoms with E-state index < -0.39 is 6.36 Å². The van der Waals surface area contributed by atoms with Crippen molar-refractivity contribution in [1.29, 1.82) is 0 Å². The fourth-order valence-corrected chi connectivity index (χ4v) is 7.23. The van der Waals surface area contributed by atoms with Gasteiger partial charge in [0.15, 0.2) is 0 Å². The number of nitrogens with one attached hydrogen (secondary N) is 1. The SMILES string of the molecule is COc1cccc(C)c1CN1CCN(Cc2ccc3c(c2)c(-c2ccc(OC(F)(F)F)cc2)cn3CCCCC(=O)C2CCCCN2)CC1. The van der Waals surface area contributed by atoms with Gasteiger partial charge in [-0.15, -0.1) is 13.2 Å². The molecule has 0 spiro atoms. The number of aryl methyl sites for hydroxylation is 2. The summed E-state index contributed by atoms with van der Waals surface area (Å²) in [5.74, 6) is 1.00. The molecular weight excluding hydrogens is 629 g/mol. The number of piperidine rings is 1. The van der Waals surface area contributed by atoms with Gasteiger partial charge in [-0.2, -0.15) is 0 Å². The molecule has 7 nitrogen and oxygen atoms in total. The maximum absolute atomic E-state index is 12.8. The van der Waals surface area contributed by atoms with Gasteiger partial charge < -0.3 is 19.4 Å². The van der Waals surface area contributed by atoms with Crippen molar-refractivity contribution in [3.05, 3.63) is 83.6 Å². The lowest BCUT2D eigenvalue weighted by molar-refractivity contribution is -0.274. The Morgan fingerprint density at radius 1 is 0.939 bits per heavy atom. The number of benzene rings is 3. The fraction of sp³-hybridized carbons (Fsp3) is 0.462. The van der Waals surface area contributed by atoms with Crippen molar-refractivity contribution in [3.8, 4) is 22.6 Å². The molecule has 1 unspecified atom stereocenters. The number of hydrogen-bond donors (Lipinski definition) is 1. The highest BCUT2D eigenvalue weighted by atomic mass is 19.4. The molecule has 0 amide bonds. The van der Waals surface area contributed by atoms with Crippen LogP contribution in [-0.4, -0.2) is 72.4 Å². The third kappa shape index (κ3) is 9.04. The maximum atomic E-state index is 12.8. The molecular formula is C39H47F3N4O3. The number of piperazine rings is 1. The van der Waals surface area contributed by atoms with Crippen LogP contribution in [0.25, 0.3) is 22.0 Å². The third-order valence-corrected chi connectivity index (χ3v) is 9.96. The van der Waals surface area contributed by atoms with E-state index in [1.54, 1.807) is 19.2 Å². The van der Waals surface area contributed by atoms with Gasteiger partial charge in [-0.1, -0.05) is 36.8 Å². The summed E-state index contributed by atoms with van der Waals surface area (Å²) in [6.45, 7) is 9.32. The van der Waals surface area contributed by atoms with Crippen LogP contribution in [0.4, 0.5) is 13.2 Å². The topological polar surface area (TPSA) is 59.0 Å². The molecule has 0 saturated carbocycles. The number of nitrogens with zero attached hydrogens (tertiary/aromatic N) is 3. The lowest BCUT2D eigenvalue weighted by atomic mass is 9.98. The summed E-state index contributed by atoms with van der Waals surface area (Å²) in [6.07, 6.45) is 2.77. The summed E-state index contributed by atoms with van der Waals surface area (Å²) in [6, 6.07) is 18.9. The van der Waals surface area contributed by atoms with Crippen LogP contribution in [0.3, 0.4) is 0 Å². The Morgan fingerprint density at radius 3 is 2.39 bits per heavy atom. The van der Waals surface area contributed by atoms with E-state index in [1.807, 2.05) is 12.1 Å². The predicted molar refractivity (Wildman–Crippen MR) is 187 cm³/mol. The second-order valence-corrected chi connectivity index (χ2v) is 13.4. The van der Waals surface area contributed by atoms with Crippen LogP contribution in [-0.2, 0) is 24.4 Å². The zero-order valence-electron chi connectivity index (χ0n) is 28.5. The Balaban J connectivity index is 1.15. The Morgan fingerprint density at radius 2 is 1.69 bits per heavy atom. The molecule has 262 valence electrons. The van der Waals surface area contributed by atoms with Gasteiger partial charge in [-0.25, -0.2) is 0 Å². The minimum atomic E-state index is -4.74. The molecule has 1 atom stereocenters. The van der Waals surface area contributed by atoms with Gasteiger partial charge in [0.25, 0.3) is 0 Å². The van der Waals surface area contributed by atoms with Gasteiger partial charge in [0.2, 0.25) is 0 Å². The smallest absolute Gasteiger partial charge is 0.496 e. The summed E-state index contributed by atoms with van der Waals surface area (Å²) in [5, 5.41) is 4.42. The number of ether oxygens (including phenoxy) is 2. The molecule has 2 fully saturated rings. The lowest BCUT2D eigenvalue weighted by Crippen LogP contribution is -2.45. The minimum absolute atomic E-state index is 0.00460. The van der Waals surface area contributed by atoms with Crippen molar-refractivity contribution >= 4 is 16.7 Å². The highest BCUT2D eigenvalue weighted by Gasteiger charge is 2.31. The van der Waals surface area contributed by atoms with Crippen molar-refractivity contribution in [2.24, 2.45) is 0 Å². The molecule has 2 aliphatic heterocycles. The van der Waals surface area contributed by atoms with Crippen LogP contribution in [0.15, 0.2) is 66.9 Å². The molecule has 2 saturated heterocycles. The number of carbonyl (C=O) groups excluding carboxylic acids is 1. The second kappa shape index (κ2) is 15.8. The molecule has 4 aromatic rings. The van der Waals surface area contributed by atoms with E-state index in [0.717, 1.165) is 112 Å². The molecule has 10 heteroatoms. The van der Waals surface area contributed by atoms with Crippen LogP contribution in [0.2, 0.25) is 0 Å². The first kappa shape index (κ1) is 35.0. The molecule has 0 bridgehead atoms. The van der Waals surface area contributed by atoms with Gasteiger partial charge in [-0.3, -0.25) is 14.6 Å². The summed E-state index contributed by atoms with van der Waals surface area (Å²) in [4.78, 5) is 17.7. The van der Waals surface area contributed by atoms with Crippen molar-refractivity contribution in [1.82, 2.24) is 19.7 Å². The summed E-state index contributed by atoms with van der Waals surface area (Å²) in [5.41, 5.74) is 6.55. The van der Waals surface area contributed by atoms with E-state index in [4.69, 9.17) is 4.74 Å². The first-order valence-electron chi connectivity index (χ1n) is 17.5. The molecule has 1 aromatic heterocycles. The summed E-state index contributed by atoms with van der Waals surface area (Å²) >= 11 is 0. The van der Waals surface area contributed by atoms with E-state index >= 15 is 0 Å². The first-order chi connectivity index (χ1) is 23.7. The van der Waals surface area contributed by atoms with E-state index in [2.05, 4.69) is 61.8 Å². The molecule has 3 heterocycles. The van der Waals surface area contributed by atoms with Crippen LogP contribution in [0.5, 0.6) is 11.5 Å². The number of aromatic nitrogens is 1. The average molecular weight is 677 g/mol. The Bertz CT molecular complexity index is 1710.